The Balaban J connectivity index is 1.84. The quantitative estimate of drug-likeness (QED) is 0.582. The van der Waals surface area contributed by atoms with Crippen LogP contribution in [-0.2, 0) is 17.8 Å². The van der Waals surface area contributed by atoms with Crippen molar-refractivity contribution in [2.45, 2.75) is 19.4 Å². The van der Waals surface area contributed by atoms with Crippen LogP contribution in [0.25, 0.3) is 0 Å². The minimum absolute atomic E-state index is 0.0402. The number of nitrogens with zero attached hydrogens (tertiary/aromatic N) is 1. The van der Waals surface area contributed by atoms with E-state index in [1.165, 1.54) is 0 Å². The van der Waals surface area contributed by atoms with Crippen LogP contribution in [0.3, 0.4) is 0 Å². The zero-order valence-electron chi connectivity index (χ0n) is 13.9. The van der Waals surface area contributed by atoms with Gasteiger partial charge in [0.25, 0.3) is 0 Å². The second-order valence-corrected chi connectivity index (χ2v) is 5.63. The molecule has 0 spiro atoms. The van der Waals surface area contributed by atoms with Crippen LogP contribution >= 0.6 is 11.6 Å². The van der Waals surface area contributed by atoms with Crippen molar-refractivity contribution < 1.29 is 14.3 Å². The van der Waals surface area contributed by atoms with E-state index in [9.17, 15) is 4.79 Å². The van der Waals surface area contributed by atoms with Crippen LogP contribution in [0.15, 0.2) is 36.5 Å². The fourth-order valence-electron chi connectivity index (χ4n) is 2.16. The van der Waals surface area contributed by atoms with Crippen LogP contribution < -0.4 is 14.8 Å². The van der Waals surface area contributed by atoms with Crippen LogP contribution in [0.1, 0.15) is 17.5 Å². The molecule has 2 aromatic rings. The van der Waals surface area contributed by atoms with E-state index < -0.39 is 0 Å². The van der Waals surface area contributed by atoms with Crippen LogP contribution in [-0.4, -0.2) is 24.6 Å². The van der Waals surface area contributed by atoms with E-state index in [1.807, 2.05) is 18.2 Å². The summed E-state index contributed by atoms with van der Waals surface area (Å²) in [5.41, 5.74) is 1.88. The lowest BCUT2D eigenvalue weighted by Crippen LogP contribution is -2.23. The van der Waals surface area contributed by atoms with Gasteiger partial charge in [-0.1, -0.05) is 29.7 Å². The van der Waals surface area contributed by atoms with Gasteiger partial charge in [0.1, 0.15) is 11.8 Å². The van der Waals surface area contributed by atoms with E-state index in [2.05, 4.69) is 16.2 Å². The minimum Gasteiger partial charge on any atom is -0.493 e. The van der Waals surface area contributed by atoms with Crippen LogP contribution in [0.5, 0.6) is 11.5 Å². The monoisotopic (exact) mass is 358 g/mol. The van der Waals surface area contributed by atoms with Gasteiger partial charge in [-0.2, -0.15) is 0 Å². The Morgan fingerprint density at radius 1 is 1.28 bits per heavy atom. The number of methoxy groups -OCH3 is 1. The summed E-state index contributed by atoms with van der Waals surface area (Å²) >= 11 is 5.73. The van der Waals surface area contributed by atoms with E-state index in [0.29, 0.717) is 36.0 Å². The summed E-state index contributed by atoms with van der Waals surface area (Å²) in [5.74, 6) is 3.55. The zero-order chi connectivity index (χ0) is 18.1. The summed E-state index contributed by atoms with van der Waals surface area (Å²) < 4.78 is 10.7. The molecule has 6 heteroatoms. The fourth-order valence-corrected chi connectivity index (χ4v) is 2.28. The SMILES string of the molecule is C#CCOc1ccc(CCC(=O)NCc2ccc(Cl)nc2)cc1OC. The number of nitrogens with one attached hydrogen (secondary N) is 1. The third-order valence-electron chi connectivity index (χ3n) is 3.46. The maximum atomic E-state index is 12.0. The molecule has 1 amide bonds. The first-order valence-electron chi connectivity index (χ1n) is 7.72. The predicted octanol–water partition coefficient (Wildman–Crippen LogP) is 3.00. The van der Waals surface area contributed by atoms with Crippen molar-refractivity contribution in [2.24, 2.45) is 0 Å². The van der Waals surface area contributed by atoms with Gasteiger partial charge in [0.2, 0.25) is 5.91 Å². The molecule has 1 heterocycles. The highest BCUT2D eigenvalue weighted by Crippen LogP contribution is 2.28. The number of rotatable bonds is 8. The Kier molecular flexibility index (Phi) is 7.12. The predicted molar refractivity (Wildman–Crippen MR) is 96.7 cm³/mol. The minimum atomic E-state index is -0.0402. The van der Waals surface area contributed by atoms with Crippen LogP contribution in [0, 0.1) is 12.3 Å². The van der Waals surface area contributed by atoms with Gasteiger partial charge in [-0.15, -0.1) is 6.42 Å². The third kappa shape index (κ3) is 6.02. The molecular formula is C19H19ClN2O3. The van der Waals surface area contributed by atoms with Gasteiger partial charge < -0.3 is 14.8 Å². The lowest BCUT2D eigenvalue weighted by molar-refractivity contribution is -0.121. The summed E-state index contributed by atoms with van der Waals surface area (Å²) in [6.45, 7) is 0.600. The summed E-state index contributed by atoms with van der Waals surface area (Å²) in [6, 6.07) is 9.06. The molecule has 1 aromatic carbocycles. The first kappa shape index (κ1) is 18.6. The van der Waals surface area contributed by atoms with Gasteiger partial charge >= 0.3 is 0 Å². The number of halogens is 1. The van der Waals surface area contributed by atoms with Gasteiger partial charge in [-0.3, -0.25) is 4.79 Å². The highest BCUT2D eigenvalue weighted by molar-refractivity contribution is 6.29. The molecule has 25 heavy (non-hydrogen) atoms. The molecule has 5 nitrogen and oxygen atoms in total. The third-order valence-corrected chi connectivity index (χ3v) is 3.68. The van der Waals surface area contributed by atoms with E-state index in [4.69, 9.17) is 27.5 Å². The molecule has 0 saturated carbocycles. The van der Waals surface area contributed by atoms with Gasteiger partial charge in [0.15, 0.2) is 11.5 Å². The average molecular weight is 359 g/mol. The Bertz CT molecular complexity index is 754. The van der Waals surface area contributed by atoms with E-state index >= 15 is 0 Å². The first-order chi connectivity index (χ1) is 12.1. The molecule has 0 saturated heterocycles. The highest BCUT2D eigenvalue weighted by atomic mass is 35.5. The average Bonchev–Trinajstić information content (AvgIpc) is 2.64. The van der Waals surface area contributed by atoms with Gasteiger partial charge in [-0.25, -0.2) is 4.98 Å². The summed E-state index contributed by atoms with van der Waals surface area (Å²) in [7, 11) is 1.56. The number of benzene rings is 1. The molecule has 0 fully saturated rings. The van der Waals surface area contributed by atoms with E-state index in [1.54, 1.807) is 25.4 Å². The Morgan fingerprint density at radius 2 is 2.08 bits per heavy atom. The molecule has 0 aliphatic heterocycles. The first-order valence-corrected chi connectivity index (χ1v) is 8.10. The highest BCUT2D eigenvalue weighted by Gasteiger charge is 2.08. The molecular weight excluding hydrogens is 340 g/mol. The molecule has 130 valence electrons. The van der Waals surface area contributed by atoms with Crippen molar-refractivity contribution in [3.8, 4) is 23.8 Å². The number of amides is 1. The van der Waals surface area contributed by atoms with Gasteiger partial charge in [-0.05, 0) is 35.7 Å². The Hall–Kier alpha value is -2.71. The van der Waals surface area contributed by atoms with Gasteiger partial charge in [0.05, 0.1) is 7.11 Å². The lowest BCUT2D eigenvalue weighted by Gasteiger charge is -2.11. The number of aryl methyl sites for hydroxylation is 1. The van der Waals surface area contributed by atoms with Crippen molar-refractivity contribution in [3.05, 3.63) is 52.8 Å². The smallest absolute Gasteiger partial charge is 0.220 e. The molecule has 0 atom stereocenters. The molecule has 1 aromatic heterocycles. The van der Waals surface area contributed by atoms with Crippen molar-refractivity contribution in [3.63, 3.8) is 0 Å². The van der Waals surface area contributed by atoms with Crippen molar-refractivity contribution in [1.29, 1.82) is 0 Å². The number of hydrogen-bond donors (Lipinski definition) is 1. The van der Waals surface area contributed by atoms with Crippen molar-refractivity contribution >= 4 is 17.5 Å². The van der Waals surface area contributed by atoms with Crippen LogP contribution in [0.4, 0.5) is 0 Å². The topological polar surface area (TPSA) is 60.5 Å². The van der Waals surface area contributed by atoms with E-state index in [0.717, 1.165) is 11.1 Å². The maximum Gasteiger partial charge on any atom is 0.220 e. The Morgan fingerprint density at radius 3 is 2.76 bits per heavy atom. The molecule has 0 bridgehead atoms. The number of carbonyl (C=O) groups is 1. The molecule has 2 rings (SSSR count). The largest absolute Gasteiger partial charge is 0.493 e. The summed E-state index contributed by atoms with van der Waals surface area (Å²) in [6.07, 6.45) is 7.79. The van der Waals surface area contributed by atoms with Gasteiger partial charge in [0, 0.05) is 19.2 Å². The second-order valence-electron chi connectivity index (χ2n) is 5.24. The number of terminal acetylenes is 1. The van der Waals surface area contributed by atoms with Crippen molar-refractivity contribution in [2.75, 3.05) is 13.7 Å². The normalized spacial score (nSPS) is 9.96. The molecule has 1 N–H and O–H groups in total. The summed E-state index contributed by atoms with van der Waals surface area (Å²) in [4.78, 5) is 16.0. The standard InChI is InChI=1S/C19H19ClN2O3/c1-3-10-25-16-7-4-14(11-17(16)24-2)6-9-19(23)22-13-15-5-8-18(20)21-12-15/h1,4-5,7-8,11-12H,6,9-10,13H2,2H3,(H,22,23). The second kappa shape index (κ2) is 9.55. The maximum absolute atomic E-state index is 12.0. The number of hydrogen-bond acceptors (Lipinski definition) is 4. The molecule has 0 unspecified atom stereocenters. The Labute approximate surface area is 152 Å². The molecule has 0 aliphatic carbocycles. The van der Waals surface area contributed by atoms with Crippen molar-refractivity contribution in [1.82, 2.24) is 10.3 Å². The number of pyridine rings is 1. The molecule has 0 aliphatic rings. The zero-order valence-corrected chi connectivity index (χ0v) is 14.7. The number of carbonyl (C=O) groups excluding carboxylic acids is 1. The van der Waals surface area contributed by atoms with Crippen LogP contribution in [0.2, 0.25) is 5.15 Å². The number of ether oxygens (including phenoxy) is 2. The van der Waals surface area contributed by atoms with E-state index in [-0.39, 0.29) is 12.5 Å². The molecule has 0 radical (unpaired) electrons. The fraction of sp³-hybridized carbons (Fsp3) is 0.263. The number of aromatic nitrogens is 1. The summed E-state index contributed by atoms with van der Waals surface area (Å²) in [5, 5.41) is 3.29. The lowest BCUT2D eigenvalue weighted by atomic mass is 10.1.